The van der Waals surface area contributed by atoms with E-state index in [1.165, 1.54) is 12.1 Å². The molecule has 0 saturated heterocycles. The molecule has 10 nitrogen and oxygen atoms in total. The van der Waals surface area contributed by atoms with Crippen molar-refractivity contribution < 1.29 is 43.2 Å². The van der Waals surface area contributed by atoms with Crippen LogP contribution in [0.1, 0.15) is 110 Å². The molecule has 5 atom stereocenters. The first-order valence-corrected chi connectivity index (χ1v) is 14.8. The fourth-order valence-electron chi connectivity index (χ4n) is 4.68. The Hall–Kier alpha value is -3.14. The molecule has 0 aliphatic heterocycles. The molecule has 0 spiro atoms. The number of ether oxygens (including phenoxy) is 4. The van der Waals surface area contributed by atoms with Gasteiger partial charge in [-0.15, -0.1) is 0 Å². The Morgan fingerprint density at radius 3 is 2.00 bits per heavy atom. The van der Waals surface area contributed by atoms with Gasteiger partial charge >= 0.3 is 24.1 Å². The van der Waals surface area contributed by atoms with Crippen LogP contribution >= 0.6 is 0 Å². The van der Waals surface area contributed by atoms with Crippen LogP contribution in [0.5, 0.6) is 11.5 Å². The molecule has 4 unspecified atom stereocenters. The van der Waals surface area contributed by atoms with Gasteiger partial charge in [-0.05, 0) is 68.6 Å². The predicted molar refractivity (Wildman–Crippen MR) is 153 cm³/mol. The van der Waals surface area contributed by atoms with E-state index in [0.29, 0.717) is 5.56 Å². The molecule has 10 heteroatoms. The van der Waals surface area contributed by atoms with Gasteiger partial charge in [-0.25, -0.2) is 4.79 Å². The van der Waals surface area contributed by atoms with Gasteiger partial charge in [0.05, 0.1) is 0 Å². The lowest BCUT2D eigenvalue weighted by Crippen LogP contribution is -2.38. The van der Waals surface area contributed by atoms with Crippen molar-refractivity contribution in [3.8, 4) is 11.5 Å². The third-order valence-electron chi connectivity index (χ3n) is 7.68. The van der Waals surface area contributed by atoms with Crippen LogP contribution in [0.4, 0.5) is 4.79 Å². The van der Waals surface area contributed by atoms with E-state index in [1.807, 2.05) is 27.7 Å². The summed E-state index contributed by atoms with van der Waals surface area (Å²) in [5, 5.41) is 9.73. The Morgan fingerprint density at radius 1 is 0.902 bits per heavy atom. The summed E-state index contributed by atoms with van der Waals surface area (Å²) in [7, 11) is 0. The van der Waals surface area contributed by atoms with Crippen LogP contribution in [-0.4, -0.2) is 47.4 Å². The first kappa shape index (κ1) is 34.1. The van der Waals surface area contributed by atoms with Crippen molar-refractivity contribution in [3.63, 3.8) is 0 Å². The van der Waals surface area contributed by atoms with E-state index in [4.69, 9.17) is 24.7 Å². The summed E-state index contributed by atoms with van der Waals surface area (Å²) in [5.74, 6) is -2.78. The second kappa shape index (κ2) is 17.0. The van der Waals surface area contributed by atoms with Gasteiger partial charge in [0.1, 0.15) is 18.2 Å². The molecule has 0 aromatic heterocycles. The maximum absolute atomic E-state index is 12.7. The molecule has 3 N–H and O–H groups in total. The monoisotopic (exact) mass is 577 g/mol. The van der Waals surface area contributed by atoms with Crippen LogP contribution in [0.25, 0.3) is 0 Å². The molecule has 230 valence electrons. The van der Waals surface area contributed by atoms with Gasteiger partial charge in [-0.1, -0.05) is 53.0 Å². The van der Waals surface area contributed by atoms with Gasteiger partial charge < -0.3 is 29.8 Å². The molecule has 2 rings (SSSR count). The van der Waals surface area contributed by atoms with Gasteiger partial charge in [-0.3, -0.25) is 14.4 Å². The molecule has 41 heavy (non-hydrogen) atoms. The lowest BCUT2D eigenvalue weighted by Gasteiger charge is -2.26. The summed E-state index contributed by atoms with van der Waals surface area (Å²) >= 11 is 0. The van der Waals surface area contributed by atoms with Crippen LogP contribution in [-0.2, 0) is 23.9 Å². The van der Waals surface area contributed by atoms with Crippen molar-refractivity contribution in [2.45, 2.75) is 123 Å². The lowest BCUT2D eigenvalue weighted by molar-refractivity contribution is -0.139. The number of nitrogens with two attached hydrogens (primary N) is 1. The Balaban J connectivity index is 2.29. The zero-order valence-electron chi connectivity index (χ0n) is 25.1. The van der Waals surface area contributed by atoms with E-state index in [9.17, 15) is 24.3 Å². The molecular weight excluding hydrogens is 530 g/mol. The Labute approximate surface area is 243 Å². The molecule has 1 fully saturated rings. The third-order valence-corrected chi connectivity index (χ3v) is 7.68. The average molecular weight is 578 g/mol. The normalized spacial score (nSPS) is 17.4. The standard InChI is InChI=1S/C31H47NO9/c1-6-19(3)15-27(33)40-25-14-13-22(18-26(25)41-28(34)16-20(4)7-2)24(29(32)30(35)36)17-21(5)38-31(37)39-23-11-9-8-10-12-23/h13-14,18-21,23-24,29H,6-12,15-17,32H2,1-5H3,(H,35,36)/t19?,20?,21?,24?,29-/m0/s1. The number of carbonyl (C=O) groups excluding carboxylic acids is 3. The first-order valence-electron chi connectivity index (χ1n) is 14.8. The summed E-state index contributed by atoms with van der Waals surface area (Å²) in [6.07, 6.45) is 5.01. The maximum atomic E-state index is 12.7. The molecular formula is C31H47NO9. The van der Waals surface area contributed by atoms with Crippen molar-refractivity contribution in [2.75, 3.05) is 0 Å². The number of carboxylic acid groups (broad SMARTS) is 1. The summed E-state index contributed by atoms with van der Waals surface area (Å²) in [5.41, 5.74) is 6.52. The molecule has 0 heterocycles. The number of hydrogen-bond donors (Lipinski definition) is 2. The molecule has 0 radical (unpaired) electrons. The molecule has 0 amide bonds. The Bertz CT molecular complexity index is 1020. The third kappa shape index (κ3) is 11.7. The number of hydrogen-bond acceptors (Lipinski definition) is 9. The van der Waals surface area contributed by atoms with Gasteiger partial charge in [0, 0.05) is 18.8 Å². The van der Waals surface area contributed by atoms with Gasteiger partial charge in [0.25, 0.3) is 0 Å². The first-order chi connectivity index (χ1) is 19.4. The Kier molecular flexibility index (Phi) is 14.1. The van der Waals surface area contributed by atoms with Gasteiger partial charge in [0.15, 0.2) is 11.5 Å². The zero-order chi connectivity index (χ0) is 30.5. The number of esters is 2. The number of carbonyl (C=O) groups is 4. The summed E-state index contributed by atoms with van der Waals surface area (Å²) in [6.45, 7) is 9.44. The van der Waals surface area contributed by atoms with Crippen LogP contribution in [0.15, 0.2) is 18.2 Å². The van der Waals surface area contributed by atoms with Gasteiger partial charge in [0.2, 0.25) is 0 Å². The minimum Gasteiger partial charge on any atom is -0.480 e. The molecule has 1 aliphatic rings. The highest BCUT2D eigenvalue weighted by Crippen LogP contribution is 2.35. The second-order valence-corrected chi connectivity index (χ2v) is 11.4. The Morgan fingerprint density at radius 2 is 1.46 bits per heavy atom. The minimum absolute atomic E-state index is 0.00109. The summed E-state index contributed by atoms with van der Waals surface area (Å²) in [4.78, 5) is 49.5. The highest BCUT2D eigenvalue weighted by atomic mass is 16.7. The molecule has 1 aromatic rings. The summed E-state index contributed by atoms with van der Waals surface area (Å²) in [6, 6.07) is 3.18. The van der Waals surface area contributed by atoms with E-state index in [2.05, 4.69) is 0 Å². The quantitative estimate of drug-likeness (QED) is 0.184. The van der Waals surface area contributed by atoms with Crippen LogP contribution < -0.4 is 15.2 Å². The number of rotatable bonds is 15. The molecule has 0 bridgehead atoms. The topological polar surface area (TPSA) is 151 Å². The summed E-state index contributed by atoms with van der Waals surface area (Å²) < 4.78 is 22.1. The predicted octanol–water partition coefficient (Wildman–Crippen LogP) is 6.13. The number of carboxylic acids is 1. The second-order valence-electron chi connectivity index (χ2n) is 11.4. The van der Waals surface area contributed by atoms with E-state index in [-0.39, 0.29) is 48.7 Å². The van der Waals surface area contributed by atoms with Crippen LogP contribution in [0.3, 0.4) is 0 Å². The average Bonchev–Trinajstić information content (AvgIpc) is 2.92. The van der Waals surface area contributed by atoms with Crippen molar-refractivity contribution in [2.24, 2.45) is 17.6 Å². The fraction of sp³-hybridized carbons (Fsp3) is 0.677. The molecule has 1 saturated carbocycles. The van der Waals surface area contributed by atoms with Gasteiger partial charge in [-0.2, -0.15) is 0 Å². The SMILES string of the molecule is CCC(C)CC(=O)Oc1ccc(C(CC(C)OC(=O)OC2CCCCC2)[C@H](N)C(=O)O)cc1OC(=O)CC(C)CC. The molecule has 1 aromatic carbocycles. The number of benzene rings is 1. The number of aliphatic carboxylic acids is 1. The largest absolute Gasteiger partial charge is 0.508 e. The van der Waals surface area contributed by atoms with E-state index >= 15 is 0 Å². The van der Waals surface area contributed by atoms with Crippen LogP contribution in [0, 0.1) is 11.8 Å². The maximum Gasteiger partial charge on any atom is 0.508 e. The smallest absolute Gasteiger partial charge is 0.480 e. The van der Waals surface area contributed by atoms with Crippen LogP contribution in [0.2, 0.25) is 0 Å². The highest BCUT2D eigenvalue weighted by molar-refractivity contribution is 5.77. The van der Waals surface area contributed by atoms with E-state index in [0.717, 1.165) is 44.9 Å². The van der Waals surface area contributed by atoms with Crippen molar-refractivity contribution in [1.82, 2.24) is 0 Å². The minimum atomic E-state index is -1.35. The van der Waals surface area contributed by atoms with E-state index < -0.39 is 42.1 Å². The molecule has 1 aliphatic carbocycles. The van der Waals surface area contributed by atoms with Crippen molar-refractivity contribution in [1.29, 1.82) is 0 Å². The highest BCUT2D eigenvalue weighted by Gasteiger charge is 2.31. The lowest BCUT2D eigenvalue weighted by atomic mass is 9.87. The fourth-order valence-corrected chi connectivity index (χ4v) is 4.68. The zero-order valence-corrected chi connectivity index (χ0v) is 25.1. The van der Waals surface area contributed by atoms with Crippen molar-refractivity contribution >= 4 is 24.1 Å². The van der Waals surface area contributed by atoms with E-state index in [1.54, 1.807) is 13.0 Å². The van der Waals surface area contributed by atoms with Crippen molar-refractivity contribution in [3.05, 3.63) is 23.8 Å².